The Balaban J connectivity index is 2.68. The number of aromatic nitrogens is 2. The second-order valence-electron chi connectivity index (χ2n) is 2.50. The Bertz CT molecular complexity index is 383. The lowest BCUT2D eigenvalue weighted by Crippen LogP contribution is -2.11. The van der Waals surface area contributed by atoms with E-state index in [9.17, 15) is 18.0 Å². The maximum absolute atomic E-state index is 11.8. The Hall–Kier alpha value is -1.86. The number of hydrogen-bond acceptors (Lipinski definition) is 4. The first-order valence-corrected chi connectivity index (χ1v) is 3.67. The summed E-state index contributed by atoms with van der Waals surface area (Å²) in [5.41, 5.74) is 0. The highest BCUT2D eigenvalue weighted by Gasteiger charge is 2.30. The molecular weight excluding hydrogens is 217 g/mol. The van der Waals surface area contributed by atoms with Crippen molar-refractivity contribution in [2.45, 2.75) is 12.6 Å². The quantitative estimate of drug-likeness (QED) is 0.779. The monoisotopic (exact) mass is 222 g/mol. The van der Waals surface area contributed by atoms with Crippen LogP contribution >= 0.6 is 0 Å². The van der Waals surface area contributed by atoms with Crippen molar-refractivity contribution in [1.29, 1.82) is 0 Å². The van der Waals surface area contributed by atoms with Gasteiger partial charge >= 0.3 is 12.1 Å². The summed E-state index contributed by atoms with van der Waals surface area (Å²) in [6.07, 6.45) is -4.17. The lowest BCUT2D eigenvalue weighted by Gasteiger charge is -1.99. The summed E-state index contributed by atoms with van der Waals surface area (Å²) < 4.78 is 40.0. The second kappa shape index (κ2) is 4.11. The van der Waals surface area contributed by atoms with Gasteiger partial charge in [0, 0.05) is 12.2 Å². The van der Waals surface area contributed by atoms with Crippen LogP contribution in [0.3, 0.4) is 0 Å². The highest BCUT2D eigenvalue weighted by Crippen LogP contribution is 2.20. The van der Waals surface area contributed by atoms with Gasteiger partial charge in [-0.2, -0.15) is 13.2 Å². The number of hydrogen-bond donors (Lipinski definition) is 1. The average molecular weight is 222 g/mol. The van der Waals surface area contributed by atoms with Gasteiger partial charge in [0.25, 0.3) is 0 Å². The SMILES string of the molecule is O=C(O)/C=C/c1nnc(CC(F)(F)F)o1. The fourth-order valence-corrected chi connectivity index (χ4v) is 0.719. The Labute approximate surface area is 81.2 Å². The van der Waals surface area contributed by atoms with Crippen LogP contribution in [0.25, 0.3) is 6.08 Å². The van der Waals surface area contributed by atoms with Crippen LogP contribution in [-0.2, 0) is 11.2 Å². The summed E-state index contributed by atoms with van der Waals surface area (Å²) in [6, 6.07) is 0. The van der Waals surface area contributed by atoms with E-state index in [-0.39, 0.29) is 5.89 Å². The minimum Gasteiger partial charge on any atom is -0.478 e. The zero-order valence-electron chi connectivity index (χ0n) is 7.15. The summed E-state index contributed by atoms with van der Waals surface area (Å²) in [7, 11) is 0. The van der Waals surface area contributed by atoms with Crippen LogP contribution in [0.15, 0.2) is 10.5 Å². The summed E-state index contributed by atoms with van der Waals surface area (Å²) in [6.45, 7) is 0. The molecule has 0 saturated carbocycles. The van der Waals surface area contributed by atoms with E-state index < -0.39 is 24.5 Å². The predicted octanol–water partition coefficient (Wildman–Crippen LogP) is 1.27. The minimum absolute atomic E-state index is 0.281. The molecule has 1 aromatic heterocycles. The molecular formula is C7H5F3N2O3. The number of carboxylic acids is 1. The molecule has 0 spiro atoms. The van der Waals surface area contributed by atoms with Gasteiger partial charge in [-0.3, -0.25) is 0 Å². The van der Waals surface area contributed by atoms with Crippen molar-refractivity contribution in [3.8, 4) is 0 Å². The molecule has 1 rings (SSSR count). The fourth-order valence-electron chi connectivity index (χ4n) is 0.719. The van der Waals surface area contributed by atoms with E-state index in [1.807, 2.05) is 0 Å². The van der Waals surface area contributed by atoms with Crippen LogP contribution < -0.4 is 0 Å². The molecule has 0 radical (unpaired) electrons. The Morgan fingerprint density at radius 2 is 2.13 bits per heavy atom. The van der Waals surface area contributed by atoms with E-state index in [2.05, 4.69) is 14.6 Å². The zero-order valence-corrected chi connectivity index (χ0v) is 7.15. The van der Waals surface area contributed by atoms with Crippen LogP contribution in [0.1, 0.15) is 11.8 Å². The molecule has 0 amide bonds. The molecule has 82 valence electrons. The van der Waals surface area contributed by atoms with E-state index in [4.69, 9.17) is 5.11 Å². The maximum atomic E-state index is 11.8. The van der Waals surface area contributed by atoms with Crippen molar-refractivity contribution in [3.05, 3.63) is 17.9 Å². The number of aliphatic carboxylic acids is 1. The molecule has 0 aromatic carbocycles. The van der Waals surface area contributed by atoms with E-state index >= 15 is 0 Å². The van der Waals surface area contributed by atoms with Gasteiger partial charge in [0.1, 0.15) is 6.42 Å². The van der Waals surface area contributed by atoms with Gasteiger partial charge < -0.3 is 9.52 Å². The van der Waals surface area contributed by atoms with E-state index in [0.29, 0.717) is 6.08 Å². The van der Waals surface area contributed by atoms with Crippen LogP contribution in [0.4, 0.5) is 13.2 Å². The molecule has 5 nitrogen and oxygen atoms in total. The van der Waals surface area contributed by atoms with Gasteiger partial charge in [0.2, 0.25) is 11.8 Å². The number of carboxylic acid groups (broad SMARTS) is 1. The van der Waals surface area contributed by atoms with E-state index in [0.717, 1.165) is 6.08 Å². The first-order valence-electron chi connectivity index (χ1n) is 3.67. The normalized spacial score (nSPS) is 12.2. The maximum Gasteiger partial charge on any atom is 0.397 e. The third kappa shape index (κ3) is 4.25. The van der Waals surface area contributed by atoms with Gasteiger partial charge in [0.05, 0.1) is 0 Å². The number of carbonyl (C=O) groups is 1. The van der Waals surface area contributed by atoms with Crippen molar-refractivity contribution in [2.75, 3.05) is 0 Å². The van der Waals surface area contributed by atoms with Crippen molar-refractivity contribution in [1.82, 2.24) is 10.2 Å². The summed E-state index contributed by atoms with van der Waals surface area (Å²) in [5, 5.41) is 14.5. The van der Waals surface area contributed by atoms with Crippen LogP contribution in [-0.4, -0.2) is 27.4 Å². The van der Waals surface area contributed by atoms with Gasteiger partial charge in [-0.25, -0.2) is 4.79 Å². The third-order valence-corrected chi connectivity index (χ3v) is 1.20. The molecule has 0 aliphatic heterocycles. The molecule has 0 aliphatic rings. The van der Waals surface area contributed by atoms with E-state index in [1.165, 1.54) is 0 Å². The molecule has 0 atom stereocenters. The molecule has 0 fully saturated rings. The largest absolute Gasteiger partial charge is 0.478 e. The first kappa shape index (κ1) is 11.2. The standard InChI is InChI=1S/C7H5F3N2O3/c8-7(9,10)3-5-12-11-4(15-5)1-2-6(13)14/h1-2H,3H2,(H,13,14)/b2-1+. The van der Waals surface area contributed by atoms with Gasteiger partial charge in [-0.15, -0.1) is 10.2 Å². The summed E-state index contributed by atoms with van der Waals surface area (Å²) in [4.78, 5) is 10.1. The number of halogens is 3. The van der Waals surface area contributed by atoms with Crippen LogP contribution in [0, 0.1) is 0 Å². The van der Waals surface area contributed by atoms with Crippen molar-refractivity contribution in [3.63, 3.8) is 0 Å². The van der Waals surface area contributed by atoms with Crippen LogP contribution in [0.2, 0.25) is 0 Å². The van der Waals surface area contributed by atoms with Crippen LogP contribution in [0.5, 0.6) is 0 Å². The number of nitrogens with zero attached hydrogens (tertiary/aromatic N) is 2. The molecule has 0 saturated heterocycles. The topological polar surface area (TPSA) is 76.2 Å². The third-order valence-electron chi connectivity index (χ3n) is 1.20. The van der Waals surface area contributed by atoms with Gasteiger partial charge in [-0.05, 0) is 0 Å². The first-order chi connectivity index (χ1) is 6.87. The molecule has 8 heteroatoms. The van der Waals surface area contributed by atoms with Gasteiger partial charge in [0.15, 0.2) is 0 Å². The molecule has 1 aromatic rings. The second-order valence-corrected chi connectivity index (χ2v) is 2.50. The van der Waals surface area contributed by atoms with Gasteiger partial charge in [-0.1, -0.05) is 0 Å². The van der Waals surface area contributed by atoms with E-state index in [1.54, 1.807) is 0 Å². The lowest BCUT2D eigenvalue weighted by atomic mass is 10.4. The predicted molar refractivity (Wildman–Crippen MR) is 40.7 cm³/mol. The average Bonchev–Trinajstić information content (AvgIpc) is 2.45. The number of alkyl halides is 3. The highest BCUT2D eigenvalue weighted by atomic mass is 19.4. The molecule has 1 N–H and O–H groups in total. The lowest BCUT2D eigenvalue weighted by molar-refractivity contribution is -0.132. The Morgan fingerprint density at radius 3 is 2.67 bits per heavy atom. The molecule has 0 bridgehead atoms. The number of rotatable bonds is 3. The highest BCUT2D eigenvalue weighted by molar-refractivity contribution is 5.84. The molecule has 0 unspecified atom stereocenters. The summed E-state index contributed by atoms with van der Waals surface area (Å²) >= 11 is 0. The van der Waals surface area contributed by atoms with Crippen molar-refractivity contribution < 1.29 is 27.5 Å². The zero-order chi connectivity index (χ0) is 11.5. The van der Waals surface area contributed by atoms with Crippen molar-refractivity contribution >= 4 is 12.0 Å². The Morgan fingerprint density at radius 1 is 1.47 bits per heavy atom. The minimum atomic E-state index is -4.43. The molecule has 15 heavy (non-hydrogen) atoms. The fraction of sp³-hybridized carbons (Fsp3) is 0.286. The van der Waals surface area contributed by atoms with Crippen molar-refractivity contribution in [2.24, 2.45) is 0 Å². The Kier molecular flexibility index (Phi) is 3.08. The molecule has 0 aliphatic carbocycles. The smallest absolute Gasteiger partial charge is 0.397 e. The summed E-state index contributed by atoms with van der Waals surface area (Å²) in [5.74, 6) is -2.14. The molecule has 1 heterocycles.